The fourth-order valence-corrected chi connectivity index (χ4v) is 2.98. The lowest BCUT2D eigenvalue weighted by Crippen LogP contribution is -2.45. The molecule has 0 amide bonds. The van der Waals surface area contributed by atoms with E-state index in [0.29, 0.717) is 6.04 Å². The summed E-state index contributed by atoms with van der Waals surface area (Å²) in [7, 11) is 1.71. The number of ether oxygens (including phenoxy) is 1. The van der Waals surface area contributed by atoms with Gasteiger partial charge in [0.05, 0.1) is 13.2 Å². The van der Waals surface area contributed by atoms with Crippen LogP contribution in [0.4, 0.5) is 0 Å². The van der Waals surface area contributed by atoms with E-state index in [-0.39, 0.29) is 24.8 Å². The molecule has 3 nitrogen and oxygen atoms in total. The van der Waals surface area contributed by atoms with Crippen molar-refractivity contribution in [1.29, 1.82) is 0 Å². The van der Waals surface area contributed by atoms with E-state index in [9.17, 15) is 0 Å². The van der Waals surface area contributed by atoms with Crippen molar-refractivity contribution in [1.82, 2.24) is 10.2 Å². The van der Waals surface area contributed by atoms with Crippen LogP contribution in [0, 0.1) is 0 Å². The van der Waals surface area contributed by atoms with E-state index in [4.69, 9.17) is 4.74 Å². The van der Waals surface area contributed by atoms with Gasteiger partial charge in [0.15, 0.2) is 0 Å². The lowest BCUT2D eigenvalue weighted by Gasteiger charge is -2.35. The van der Waals surface area contributed by atoms with Crippen LogP contribution in [0.25, 0.3) is 0 Å². The van der Waals surface area contributed by atoms with Crippen LogP contribution in [-0.2, 0) is 0 Å². The Kier molecular flexibility index (Phi) is 8.42. The molecule has 1 saturated heterocycles. The Bertz CT molecular complexity index is 557. The summed E-state index contributed by atoms with van der Waals surface area (Å²) in [5.41, 5.74) is 2.67. The molecule has 1 fully saturated rings. The summed E-state index contributed by atoms with van der Waals surface area (Å²) >= 11 is 0. The molecular weight excluding hydrogens is 331 g/mol. The normalized spacial score (nSPS) is 15.9. The van der Waals surface area contributed by atoms with Gasteiger partial charge in [0, 0.05) is 26.2 Å². The zero-order valence-electron chi connectivity index (χ0n) is 13.3. The summed E-state index contributed by atoms with van der Waals surface area (Å²) in [6, 6.07) is 19.5. The molecule has 0 radical (unpaired) electrons. The highest BCUT2D eigenvalue weighted by Crippen LogP contribution is 2.29. The quantitative estimate of drug-likeness (QED) is 0.908. The van der Waals surface area contributed by atoms with Gasteiger partial charge in [-0.25, -0.2) is 0 Å². The molecule has 1 N–H and O–H groups in total. The first-order chi connectivity index (χ1) is 10.4. The Morgan fingerprint density at radius 2 is 1.43 bits per heavy atom. The average Bonchev–Trinajstić information content (AvgIpc) is 2.58. The van der Waals surface area contributed by atoms with Gasteiger partial charge < -0.3 is 10.1 Å². The Morgan fingerprint density at radius 1 is 0.870 bits per heavy atom. The highest BCUT2D eigenvalue weighted by atomic mass is 35.5. The Hall–Kier alpha value is -1.26. The predicted octanol–water partition coefficient (Wildman–Crippen LogP) is 3.53. The van der Waals surface area contributed by atoms with Gasteiger partial charge in [0.2, 0.25) is 0 Å². The van der Waals surface area contributed by atoms with E-state index in [2.05, 4.69) is 52.7 Å². The van der Waals surface area contributed by atoms with E-state index < -0.39 is 0 Å². The van der Waals surface area contributed by atoms with Gasteiger partial charge in [-0.15, -0.1) is 24.8 Å². The van der Waals surface area contributed by atoms with Crippen LogP contribution in [-0.4, -0.2) is 38.2 Å². The van der Waals surface area contributed by atoms with Gasteiger partial charge in [-0.2, -0.15) is 0 Å². The standard InChI is InChI=1S/C18H22N2O.2ClH/c1-21-17-9-7-16(8-10-17)18(15-5-3-2-4-6-15)20-13-11-19-12-14-20;;/h2-10,18-19H,11-14H2,1H3;2*1H. The van der Waals surface area contributed by atoms with E-state index in [1.54, 1.807) is 7.11 Å². The van der Waals surface area contributed by atoms with Gasteiger partial charge in [-0.3, -0.25) is 4.90 Å². The fraction of sp³-hybridized carbons (Fsp3) is 0.333. The molecule has 126 valence electrons. The monoisotopic (exact) mass is 354 g/mol. The highest BCUT2D eigenvalue weighted by molar-refractivity contribution is 5.85. The average molecular weight is 355 g/mol. The molecule has 1 aliphatic heterocycles. The van der Waals surface area contributed by atoms with Crippen LogP contribution in [0.2, 0.25) is 0 Å². The summed E-state index contributed by atoms with van der Waals surface area (Å²) in [4.78, 5) is 2.55. The van der Waals surface area contributed by atoms with Gasteiger partial charge >= 0.3 is 0 Å². The summed E-state index contributed by atoms with van der Waals surface area (Å²) in [6.07, 6.45) is 0. The number of hydrogen-bond acceptors (Lipinski definition) is 3. The van der Waals surface area contributed by atoms with Gasteiger partial charge in [-0.1, -0.05) is 42.5 Å². The van der Waals surface area contributed by atoms with Crippen LogP contribution in [0.5, 0.6) is 5.75 Å². The van der Waals surface area contributed by atoms with Crippen molar-refractivity contribution in [3.05, 3.63) is 65.7 Å². The predicted molar refractivity (Wildman–Crippen MR) is 100 cm³/mol. The Labute approximate surface area is 150 Å². The minimum Gasteiger partial charge on any atom is -0.497 e. The molecule has 1 atom stereocenters. The highest BCUT2D eigenvalue weighted by Gasteiger charge is 2.23. The van der Waals surface area contributed by atoms with Crippen LogP contribution in [0.15, 0.2) is 54.6 Å². The van der Waals surface area contributed by atoms with Crippen molar-refractivity contribution < 1.29 is 4.74 Å². The van der Waals surface area contributed by atoms with Gasteiger partial charge in [0.25, 0.3) is 0 Å². The van der Waals surface area contributed by atoms with Gasteiger partial charge in [-0.05, 0) is 23.3 Å². The molecule has 0 bridgehead atoms. The maximum Gasteiger partial charge on any atom is 0.118 e. The number of methoxy groups -OCH3 is 1. The van der Waals surface area contributed by atoms with E-state index in [1.165, 1.54) is 11.1 Å². The zero-order valence-corrected chi connectivity index (χ0v) is 14.9. The third-order valence-electron chi connectivity index (χ3n) is 4.06. The lowest BCUT2D eigenvalue weighted by atomic mass is 9.96. The molecular formula is C18H24Cl2N2O. The fourth-order valence-electron chi connectivity index (χ4n) is 2.98. The number of rotatable bonds is 4. The largest absolute Gasteiger partial charge is 0.497 e. The number of hydrogen-bond donors (Lipinski definition) is 1. The van der Waals surface area contributed by atoms with Crippen molar-refractivity contribution in [2.24, 2.45) is 0 Å². The number of halogens is 2. The van der Waals surface area contributed by atoms with E-state index in [1.807, 2.05) is 12.1 Å². The molecule has 0 spiro atoms. The molecule has 5 heteroatoms. The summed E-state index contributed by atoms with van der Waals surface area (Å²) in [5, 5.41) is 3.43. The summed E-state index contributed by atoms with van der Waals surface area (Å²) < 4.78 is 5.28. The number of piperazine rings is 1. The molecule has 0 aromatic heterocycles. The molecule has 2 aromatic rings. The first-order valence-corrected chi connectivity index (χ1v) is 7.52. The minimum atomic E-state index is 0. The third kappa shape index (κ3) is 4.85. The van der Waals surface area contributed by atoms with Crippen molar-refractivity contribution in [2.75, 3.05) is 33.3 Å². The van der Waals surface area contributed by atoms with Crippen molar-refractivity contribution in [3.63, 3.8) is 0 Å². The zero-order chi connectivity index (χ0) is 14.5. The second-order valence-electron chi connectivity index (χ2n) is 5.37. The molecule has 1 unspecified atom stereocenters. The molecule has 0 saturated carbocycles. The minimum absolute atomic E-state index is 0. The molecule has 0 aliphatic carbocycles. The van der Waals surface area contributed by atoms with Crippen LogP contribution in [0.3, 0.4) is 0 Å². The second kappa shape index (κ2) is 9.78. The molecule has 1 heterocycles. The Balaban J connectivity index is 0.00000132. The van der Waals surface area contributed by atoms with Crippen molar-refractivity contribution in [3.8, 4) is 5.75 Å². The molecule has 3 rings (SSSR count). The molecule has 2 aromatic carbocycles. The summed E-state index contributed by atoms with van der Waals surface area (Å²) in [5.74, 6) is 0.908. The number of nitrogens with zero attached hydrogens (tertiary/aromatic N) is 1. The lowest BCUT2D eigenvalue weighted by molar-refractivity contribution is 0.198. The number of benzene rings is 2. The van der Waals surface area contributed by atoms with Crippen LogP contribution in [0.1, 0.15) is 17.2 Å². The van der Waals surface area contributed by atoms with E-state index in [0.717, 1.165) is 31.9 Å². The maximum absolute atomic E-state index is 5.28. The maximum atomic E-state index is 5.28. The molecule has 23 heavy (non-hydrogen) atoms. The third-order valence-corrected chi connectivity index (χ3v) is 4.06. The van der Waals surface area contributed by atoms with E-state index >= 15 is 0 Å². The number of nitrogens with one attached hydrogen (secondary N) is 1. The first kappa shape index (κ1) is 19.8. The van der Waals surface area contributed by atoms with Crippen LogP contribution < -0.4 is 10.1 Å². The topological polar surface area (TPSA) is 24.5 Å². The first-order valence-electron chi connectivity index (χ1n) is 7.52. The smallest absolute Gasteiger partial charge is 0.118 e. The van der Waals surface area contributed by atoms with Crippen molar-refractivity contribution in [2.45, 2.75) is 6.04 Å². The summed E-state index contributed by atoms with van der Waals surface area (Å²) in [6.45, 7) is 4.26. The Morgan fingerprint density at radius 3 is 2.00 bits per heavy atom. The van der Waals surface area contributed by atoms with Gasteiger partial charge in [0.1, 0.15) is 5.75 Å². The van der Waals surface area contributed by atoms with Crippen molar-refractivity contribution >= 4 is 24.8 Å². The second-order valence-corrected chi connectivity index (χ2v) is 5.37. The van der Waals surface area contributed by atoms with Crippen LogP contribution >= 0.6 is 24.8 Å². The SMILES string of the molecule is COc1ccc(C(c2ccccc2)N2CCNCC2)cc1.Cl.Cl. The molecule has 1 aliphatic rings.